The monoisotopic (exact) mass is 201 g/mol. The van der Waals surface area contributed by atoms with Gasteiger partial charge in [-0.05, 0) is 15.9 Å². The summed E-state index contributed by atoms with van der Waals surface area (Å²) < 4.78 is 10.9. The molecular formula is C6H4BrNO2. The molecule has 1 aliphatic rings. The van der Waals surface area contributed by atoms with E-state index in [1.165, 1.54) is 0 Å². The Hall–Kier alpha value is -0.770. The molecule has 0 N–H and O–H groups in total. The summed E-state index contributed by atoms with van der Waals surface area (Å²) in [5, 5.41) is 0. The summed E-state index contributed by atoms with van der Waals surface area (Å²) >= 11 is 3.23. The van der Waals surface area contributed by atoms with Crippen LogP contribution in [-0.4, -0.2) is 11.8 Å². The van der Waals surface area contributed by atoms with E-state index in [0.29, 0.717) is 17.1 Å². The van der Waals surface area contributed by atoms with Crippen LogP contribution in [0.15, 0.2) is 16.9 Å². The highest BCUT2D eigenvalue weighted by molar-refractivity contribution is 9.10. The number of hydrogen-bond donors (Lipinski definition) is 0. The number of nitrogens with zero attached hydrogens (tertiary/aromatic N) is 1. The Labute approximate surface area is 66.1 Å². The Balaban J connectivity index is 2.59. The van der Waals surface area contributed by atoms with Crippen LogP contribution in [0.1, 0.15) is 0 Å². The molecule has 0 saturated heterocycles. The van der Waals surface area contributed by atoms with E-state index in [9.17, 15) is 0 Å². The van der Waals surface area contributed by atoms with E-state index in [2.05, 4.69) is 20.9 Å². The lowest BCUT2D eigenvalue weighted by Crippen LogP contribution is -1.93. The molecule has 1 aliphatic heterocycles. The average Bonchev–Trinajstić information content (AvgIpc) is 2.36. The molecule has 0 atom stereocenters. The van der Waals surface area contributed by atoms with Crippen molar-refractivity contribution in [1.82, 2.24) is 4.98 Å². The average molecular weight is 202 g/mol. The van der Waals surface area contributed by atoms with Crippen molar-refractivity contribution in [3.8, 4) is 11.5 Å². The molecule has 0 saturated carbocycles. The number of fused-ring (bicyclic) bond motifs is 1. The van der Waals surface area contributed by atoms with Crippen LogP contribution in [0.5, 0.6) is 11.5 Å². The second-order valence-electron chi connectivity index (χ2n) is 1.84. The smallest absolute Gasteiger partial charge is 0.231 e. The van der Waals surface area contributed by atoms with Gasteiger partial charge in [0.05, 0.1) is 0 Å². The lowest BCUT2D eigenvalue weighted by molar-refractivity contribution is 0.173. The normalized spacial score (nSPS) is 13.7. The van der Waals surface area contributed by atoms with E-state index >= 15 is 0 Å². The quantitative estimate of drug-likeness (QED) is 0.598. The van der Waals surface area contributed by atoms with Gasteiger partial charge in [-0.2, -0.15) is 0 Å². The van der Waals surface area contributed by atoms with Gasteiger partial charge in [0.25, 0.3) is 0 Å². The number of pyridine rings is 1. The Kier molecular flexibility index (Phi) is 1.27. The van der Waals surface area contributed by atoms with Crippen molar-refractivity contribution < 1.29 is 9.47 Å². The zero-order chi connectivity index (χ0) is 6.97. The van der Waals surface area contributed by atoms with Crippen LogP contribution in [0.25, 0.3) is 0 Å². The number of rotatable bonds is 0. The molecule has 2 rings (SSSR count). The molecule has 0 radical (unpaired) electrons. The second-order valence-corrected chi connectivity index (χ2v) is 2.59. The zero-order valence-corrected chi connectivity index (χ0v) is 6.59. The first kappa shape index (κ1) is 5.97. The van der Waals surface area contributed by atoms with E-state index in [0.717, 1.165) is 5.75 Å². The van der Waals surface area contributed by atoms with Crippen LogP contribution in [-0.2, 0) is 0 Å². The summed E-state index contributed by atoms with van der Waals surface area (Å²) in [4.78, 5) is 3.96. The van der Waals surface area contributed by atoms with Gasteiger partial charge < -0.3 is 9.47 Å². The first-order valence-corrected chi connectivity index (χ1v) is 3.57. The molecule has 0 amide bonds. The van der Waals surface area contributed by atoms with Crippen molar-refractivity contribution in [3.05, 3.63) is 16.9 Å². The molecule has 2 heterocycles. The van der Waals surface area contributed by atoms with Crippen molar-refractivity contribution in [1.29, 1.82) is 0 Å². The molecule has 0 aromatic carbocycles. The van der Waals surface area contributed by atoms with Gasteiger partial charge in [-0.25, -0.2) is 4.98 Å². The molecule has 3 nitrogen and oxygen atoms in total. The fraction of sp³-hybridized carbons (Fsp3) is 0.167. The molecule has 1 aromatic heterocycles. The molecule has 0 aliphatic carbocycles. The number of halogens is 1. The molecule has 10 heavy (non-hydrogen) atoms. The van der Waals surface area contributed by atoms with E-state index in [-0.39, 0.29) is 0 Å². The largest absolute Gasteiger partial charge is 0.453 e. The third-order valence-electron chi connectivity index (χ3n) is 1.24. The third kappa shape index (κ3) is 0.759. The van der Waals surface area contributed by atoms with Crippen LogP contribution in [0, 0.1) is 0 Å². The van der Waals surface area contributed by atoms with Gasteiger partial charge in [0.1, 0.15) is 0 Å². The van der Waals surface area contributed by atoms with Crippen molar-refractivity contribution in [2.24, 2.45) is 0 Å². The predicted octanol–water partition coefficient (Wildman–Crippen LogP) is 1.57. The number of aromatic nitrogens is 1. The minimum Gasteiger partial charge on any atom is -0.453 e. The van der Waals surface area contributed by atoms with Crippen molar-refractivity contribution in [2.45, 2.75) is 0 Å². The van der Waals surface area contributed by atoms with Crippen LogP contribution in [0.3, 0.4) is 0 Å². The van der Waals surface area contributed by atoms with Crippen molar-refractivity contribution >= 4 is 15.9 Å². The molecular weight excluding hydrogens is 198 g/mol. The second kappa shape index (κ2) is 2.12. The minimum atomic E-state index is 0.291. The number of hydrogen-bond acceptors (Lipinski definition) is 3. The SMILES string of the molecule is Brc1nccc2c1OCO2. The van der Waals surface area contributed by atoms with Gasteiger partial charge in [0, 0.05) is 12.3 Å². The molecule has 1 aromatic rings. The van der Waals surface area contributed by atoms with Gasteiger partial charge in [-0.1, -0.05) is 0 Å². The summed E-state index contributed by atoms with van der Waals surface area (Å²) in [5.74, 6) is 1.45. The van der Waals surface area contributed by atoms with Gasteiger partial charge in [-0.15, -0.1) is 0 Å². The summed E-state index contributed by atoms with van der Waals surface area (Å²) in [5.41, 5.74) is 0. The maximum atomic E-state index is 5.10. The summed E-state index contributed by atoms with van der Waals surface area (Å²) in [6, 6.07) is 1.77. The lowest BCUT2D eigenvalue weighted by atomic mass is 10.4. The van der Waals surface area contributed by atoms with Crippen molar-refractivity contribution in [3.63, 3.8) is 0 Å². The topological polar surface area (TPSA) is 31.4 Å². The van der Waals surface area contributed by atoms with Gasteiger partial charge in [0.15, 0.2) is 16.1 Å². The fourth-order valence-electron chi connectivity index (χ4n) is 0.803. The van der Waals surface area contributed by atoms with E-state index in [4.69, 9.17) is 9.47 Å². The Morgan fingerprint density at radius 2 is 2.40 bits per heavy atom. The van der Waals surface area contributed by atoms with Crippen LogP contribution in [0.2, 0.25) is 0 Å². The summed E-state index contributed by atoms with van der Waals surface area (Å²) in [6.07, 6.45) is 1.66. The third-order valence-corrected chi connectivity index (χ3v) is 1.81. The highest BCUT2D eigenvalue weighted by atomic mass is 79.9. The molecule has 0 unspecified atom stereocenters. The molecule has 4 heteroatoms. The maximum absolute atomic E-state index is 5.10. The highest BCUT2D eigenvalue weighted by Gasteiger charge is 2.15. The van der Waals surface area contributed by atoms with Crippen molar-refractivity contribution in [2.75, 3.05) is 6.79 Å². The van der Waals surface area contributed by atoms with Crippen LogP contribution < -0.4 is 9.47 Å². The predicted molar refractivity (Wildman–Crippen MR) is 38.1 cm³/mol. The standard InChI is InChI=1S/C6H4BrNO2/c7-6-5-4(1-2-8-6)9-3-10-5/h1-2H,3H2. The number of ether oxygens (including phenoxy) is 2. The summed E-state index contributed by atoms with van der Waals surface area (Å²) in [6.45, 7) is 0.291. The van der Waals surface area contributed by atoms with Crippen LogP contribution in [0.4, 0.5) is 0 Å². The molecule has 0 spiro atoms. The van der Waals surface area contributed by atoms with Gasteiger partial charge in [-0.3, -0.25) is 0 Å². The first-order chi connectivity index (χ1) is 4.88. The van der Waals surface area contributed by atoms with Gasteiger partial charge >= 0.3 is 0 Å². The summed E-state index contributed by atoms with van der Waals surface area (Å²) in [7, 11) is 0. The molecule has 52 valence electrons. The maximum Gasteiger partial charge on any atom is 0.231 e. The lowest BCUT2D eigenvalue weighted by Gasteiger charge is -1.94. The van der Waals surface area contributed by atoms with Gasteiger partial charge in [0.2, 0.25) is 6.79 Å². The Morgan fingerprint density at radius 3 is 3.20 bits per heavy atom. The zero-order valence-electron chi connectivity index (χ0n) is 5.00. The molecule has 0 bridgehead atoms. The van der Waals surface area contributed by atoms with Crippen LogP contribution >= 0.6 is 15.9 Å². The highest BCUT2D eigenvalue weighted by Crippen LogP contribution is 2.36. The Morgan fingerprint density at radius 1 is 1.50 bits per heavy atom. The minimum absolute atomic E-state index is 0.291. The Bertz CT molecular complexity index is 264. The van der Waals surface area contributed by atoms with E-state index in [1.807, 2.05) is 0 Å². The fourth-order valence-corrected chi connectivity index (χ4v) is 1.23. The van der Waals surface area contributed by atoms with E-state index in [1.54, 1.807) is 12.3 Å². The first-order valence-electron chi connectivity index (χ1n) is 2.78. The van der Waals surface area contributed by atoms with E-state index < -0.39 is 0 Å². The molecule has 0 fully saturated rings.